The van der Waals surface area contributed by atoms with Gasteiger partial charge in [-0.2, -0.15) is 11.8 Å². The Bertz CT molecular complexity index is 964. The molecule has 0 unspecified atom stereocenters. The number of aliphatic hydroxyl groups excluding tert-OH is 10. The Morgan fingerprint density at radius 3 is 1.93 bits per heavy atom. The van der Waals surface area contributed by atoms with Crippen LogP contribution in [0, 0.1) is 0 Å². The third kappa shape index (κ3) is 7.33. The normalized spacial score (nSPS) is 45.6. The second-order valence-corrected chi connectivity index (χ2v) is 12.3. The van der Waals surface area contributed by atoms with Crippen LogP contribution in [0.5, 0.6) is 0 Å². The van der Waals surface area contributed by atoms with E-state index < -0.39 is 97.0 Å². The standard InChI is InChI=1S/C22H37N3O14S2/c1-36-20-17(33)14(30)11(27)8(37-20)3-25-2-7(23-24-25)5-40-6-10-13(29)16(32)19(35)22(39-10)41-21-18(34)15(31)12(28)9(4-26)38-21/h2,8-22,26-35H,3-6H2,1H3/t8-,9-,10-,11-,12+,13-,14+,15+,16+,17-,18-,19-,20+,21+,22+/m1/s1. The van der Waals surface area contributed by atoms with Crippen molar-refractivity contribution in [2.75, 3.05) is 19.5 Å². The summed E-state index contributed by atoms with van der Waals surface area (Å²) in [4.78, 5) is 0. The van der Waals surface area contributed by atoms with Gasteiger partial charge in [-0.25, -0.2) is 4.68 Å². The van der Waals surface area contributed by atoms with Gasteiger partial charge in [0.25, 0.3) is 0 Å². The highest BCUT2D eigenvalue weighted by molar-refractivity contribution is 8.00. The number of thioether (sulfide) groups is 2. The molecular formula is C22H37N3O14S2. The molecule has 3 aliphatic heterocycles. The van der Waals surface area contributed by atoms with Crippen molar-refractivity contribution in [1.82, 2.24) is 15.0 Å². The van der Waals surface area contributed by atoms with Crippen molar-refractivity contribution in [3.63, 3.8) is 0 Å². The molecule has 3 saturated heterocycles. The summed E-state index contributed by atoms with van der Waals surface area (Å²) in [6.07, 6.45) is -16.3. The molecule has 0 saturated carbocycles. The van der Waals surface area contributed by atoms with Gasteiger partial charge in [0.2, 0.25) is 0 Å². The number of methoxy groups -OCH3 is 1. The SMILES string of the molecule is CO[C@H]1O[C@H](Cn2cc(CSC[C@H]3O[C@@H](S[C@@H]4O[C@H](CO)[C@H](O)[C@H](O)[C@H]4O)[C@H](O)[C@@H](O)[C@@H]3O)nn2)[C@@H](O)[C@H](O)[C@H]1O. The lowest BCUT2D eigenvalue weighted by molar-refractivity contribution is -0.292. The van der Waals surface area contributed by atoms with E-state index in [-0.39, 0.29) is 12.3 Å². The summed E-state index contributed by atoms with van der Waals surface area (Å²) in [6, 6.07) is 0. The molecule has 236 valence electrons. The zero-order chi connectivity index (χ0) is 30.0. The van der Waals surface area contributed by atoms with Gasteiger partial charge in [-0.1, -0.05) is 17.0 Å². The van der Waals surface area contributed by atoms with E-state index in [0.29, 0.717) is 11.4 Å². The quantitative estimate of drug-likeness (QED) is 0.115. The third-order valence-electron chi connectivity index (χ3n) is 7.17. The van der Waals surface area contributed by atoms with Gasteiger partial charge in [-0.05, 0) is 0 Å². The first kappa shape index (κ1) is 33.2. The van der Waals surface area contributed by atoms with E-state index in [1.54, 1.807) is 6.20 Å². The first-order valence-electron chi connectivity index (χ1n) is 12.8. The van der Waals surface area contributed by atoms with Gasteiger partial charge in [0.15, 0.2) is 6.29 Å². The average Bonchev–Trinajstić information content (AvgIpc) is 3.41. The van der Waals surface area contributed by atoms with Crippen molar-refractivity contribution in [3.05, 3.63) is 11.9 Å². The minimum absolute atomic E-state index is 0.00780. The lowest BCUT2D eigenvalue weighted by atomic mass is 9.99. The van der Waals surface area contributed by atoms with Crippen molar-refractivity contribution in [3.8, 4) is 0 Å². The van der Waals surface area contributed by atoms with Crippen molar-refractivity contribution in [2.24, 2.45) is 0 Å². The number of nitrogens with zero attached hydrogens (tertiary/aromatic N) is 3. The highest BCUT2D eigenvalue weighted by Crippen LogP contribution is 2.37. The molecule has 15 atom stereocenters. The lowest BCUT2D eigenvalue weighted by Crippen LogP contribution is -2.60. The van der Waals surface area contributed by atoms with E-state index in [4.69, 9.17) is 18.9 Å². The first-order chi connectivity index (χ1) is 19.5. The molecule has 1 aromatic heterocycles. The van der Waals surface area contributed by atoms with Crippen molar-refractivity contribution >= 4 is 23.5 Å². The van der Waals surface area contributed by atoms with Gasteiger partial charge >= 0.3 is 0 Å². The Balaban J connectivity index is 1.30. The van der Waals surface area contributed by atoms with E-state index >= 15 is 0 Å². The molecule has 0 aliphatic carbocycles. The summed E-state index contributed by atoms with van der Waals surface area (Å²) < 4.78 is 23.1. The molecule has 3 aliphatic rings. The Morgan fingerprint density at radius 1 is 0.756 bits per heavy atom. The summed E-state index contributed by atoms with van der Waals surface area (Å²) in [5, 5.41) is 109. The average molecular weight is 632 g/mol. The molecule has 4 rings (SSSR count). The van der Waals surface area contributed by atoms with E-state index in [1.165, 1.54) is 23.6 Å². The Hall–Kier alpha value is -0.720. The van der Waals surface area contributed by atoms with E-state index in [0.717, 1.165) is 11.8 Å². The van der Waals surface area contributed by atoms with Gasteiger partial charge in [-0.3, -0.25) is 0 Å². The van der Waals surface area contributed by atoms with E-state index in [2.05, 4.69) is 10.3 Å². The summed E-state index contributed by atoms with van der Waals surface area (Å²) in [6.45, 7) is -0.623. The summed E-state index contributed by atoms with van der Waals surface area (Å²) in [5.74, 6) is 0.444. The Kier molecular flexibility index (Phi) is 11.6. The molecular weight excluding hydrogens is 594 g/mol. The predicted octanol–water partition coefficient (Wildman–Crippen LogP) is -5.69. The second-order valence-electron chi connectivity index (χ2n) is 10.0. The number of rotatable bonds is 10. The minimum Gasteiger partial charge on any atom is -0.394 e. The molecule has 4 heterocycles. The number of ether oxygens (including phenoxy) is 4. The number of aliphatic hydroxyl groups is 10. The van der Waals surface area contributed by atoms with Crippen LogP contribution in [0.3, 0.4) is 0 Å². The molecule has 0 radical (unpaired) electrons. The van der Waals surface area contributed by atoms with Gasteiger partial charge in [-0.15, -0.1) is 5.10 Å². The fraction of sp³-hybridized carbons (Fsp3) is 0.909. The fourth-order valence-corrected chi connectivity index (χ4v) is 6.99. The molecule has 10 N–H and O–H groups in total. The van der Waals surface area contributed by atoms with Gasteiger partial charge in [0, 0.05) is 24.8 Å². The van der Waals surface area contributed by atoms with E-state index in [9.17, 15) is 51.1 Å². The van der Waals surface area contributed by atoms with E-state index in [1.807, 2.05) is 0 Å². The van der Waals surface area contributed by atoms with Crippen LogP contribution in [0.25, 0.3) is 0 Å². The first-order valence-corrected chi connectivity index (χ1v) is 14.9. The monoisotopic (exact) mass is 631 g/mol. The maximum atomic E-state index is 10.5. The van der Waals surface area contributed by atoms with Gasteiger partial charge in [0.1, 0.15) is 78.0 Å². The number of hydrogen-bond acceptors (Lipinski definition) is 18. The summed E-state index contributed by atoms with van der Waals surface area (Å²) >= 11 is 2.01. The maximum absolute atomic E-state index is 10.5. The molecule has 0 aromatic carbocycles. The Labute approximate surface area is 242 Å². The van der Waals surface area contributed by atoms with Crippen LogP contribution in [0.2, 0.25) is 0 Å². The molecule has 19 heteroatoms. The second kappa shape index (κ2) is 14.4. The zero-order valence-electron chi connectivity index (χ0n) is 21.8. The summed E-state index contributed by atoms with van der Waals surface area (Å²) in [5.41, 5.74) is -1.89. The van der Waals surface area contributed by atoms with Crippen LogP contribution in [0.15, 0.2) is 6.20 Å². The molecule has 17 nitrogen and oxygen atoms in total. The molecule has 0 spiro atoms. The predicted molar refractivity (Wildman–Crippen MR) is 138 cm³/mol. The van der Waals surface area contributed by atoms with Crippen LogP contribution in [-0.2, 0) is 31.2 Å². The smallest absolute Gasteiger partial charge is 0.186 e. The van der Waals surface area contributed by atoms with Gasteiger partial charge in [0.05, 0.1) is 24.9 Å². The number of hydrogen-bond donors (Lipinski definition) is 10. The number of aromatic nitrogens is 3. The molecule has 1 aromatic rings. The summed E-state index contributed by atoms with van der Waals surface area (Å²) in [7, 11) is 1.29. The lowest BCUT2D eigenvalue weighted by Gasteiger charge is -2.44. The molecule has 0 amide bonds. The van der Waals surface area contributed by atoms with Crippen LogP contribution in [0.4, 0.5) is 0 Å². The molecule has 0 bridgehead atoms. The van der Waals surface area contributed by atoms with Crippen LogP contribution < -0.4 is 0 Å². The van der Waals surface area contributed by atoms with Gasteiger partial charge < -0.3 is 70.0 Å². The highest BCUT2D eigenvalue weighted by Gasteiger charge is 2.49. The largest absolute Gasteiger partial charge is 0.394 e. The third-order valence-corrected chi connectivity index (χ3v) is 9.55. The van der Waals surface area contributed by atoms with Crippen molar-refractivity contribution in [1.29, 1.82) is 0 Å². The molecule has 41 heavy (non-hydrogen) atoms. The fourth-order valence-electron chi connectivity index (χ4n) is 4.70. The van der Waals surface area contributed by atoms with Crippen molar-refractivity contribution in [2.45, 2.75) is 103 Å². The van der Waals surface area contributed by atoms with Crippen LogP contribution in [-0.4, -0.2) is 176 Å². The Morgan fingerprint density at radius 2 is 1.32 bits per heavy atom. The molecule has 3 fully saturated rings. The zero-order valence-corrected chi connectivity index (χ0v) is 23.5. The topological polar surface area (TPSA) is 270 Å². The van der Waals surface area contributed by atoms with Crippen LogP contribution in [0.1, 0.15) is 5.69 Å². The highest BCUT2D eigenvalue weighted by atomic mass is 32.2. The minimum atomic E-state index is -1.62. The van der Waals surface area contributed by atoms with Crippen molar-refractivity contribution < 1.29 is 70.0 Å². The maximum Gasteiger partial charge on any atom is 0.186 e. The van der Waals surface area contributed by atoms with Crippen LogP contribution >= 0.6 is 23.5 Å².